The van der Waals surface area contributed by atoms with Gasteiger partial charge in [0.05, 0.1) is 6.33 Å². The van der Waals surface area contributed by atoms with Crippen molar-refractivity contribution in [2.45, 2.75) is 49.9 Å². The number of amides is 2. The number of carbonyl (C=O) groups is 2. The SMILES string of the molecule is CNC(=O)[C@H]1O[C@@H](n2cnc3c(NCc4cc(Cl)ccc4OCC(=O)N4CCC(N)CC4)ncnc32)[C@H](O)[C@@H]1N=[N+]=[N-]. The molecule has 4 heterocycles. The molecule has 4 atom stereocenters. The number of halogens is 1. The number of ether oxygens (including phenoxy) is 2. The van der Waals surface area contributed by atoms with E-state index >= 15 is 0 Å². The third kappa shape index (κ3) is 6.03. The number of anilines is 1. The number of nitrogens with one attached hydrogen (secondary N) is 2. The van der Waals surface area contributed by atoms with Gasteiger partial charge >= 0.3 is 0 Å². The molecule has 16 nitrogen and oxygen atoms in total. The van der Waals surface area contributed by atoms with Gasteiger partial charge in [0.1, 0.15) is 30.3 Å². The second kappa shape index (κ2) is 12.8. The first-order chi connectivity index (χ1) is 20.3. The minimum atomic E-state index is -1.34. The lowest BCUT2D eigenvalue weighted by atomic mass is 10.1. The fraction of sp³-hybridized carbons (Fsp3) is 0.480. The Kier molecular flexibility index (Phi) is 8.89. The number of benzene rings is 1. The Bertz CT molecular complexity index is 1510. The third-order valence-electron chi connectivity index (χ3n) is 7.27. The summed E-state index contributed by atoms with van der Waals surface area (Å²) < 4.78 is 13.1. The maximum atomic E-state index is 12.7. The van der Waals surface area contributed by atoms with Crippen molar-refractivity contribution < 1.29 is 24.2 Å². The Morgan fingerprint density at radius 3 is 2.83 bits per heavy atom. The summed E-state index contributed by atoms with van der Waals surface area (Å²) in [7, 11) is 1.41. The van der Waals surface area contributed by atoms with Crippen molar-refractivity contribution in [2.24, 2.45) is 10.8 Å². The van der Waals surface area contributed by atoms with Crippen molar-refractivity contribution >= 4 is 40.4 Å². The summed E-state index contributed by atoms with van der Waals surface area (Å²) in [5.41, 5.74) is 16.2. The molecule has 0 unspecified atom stereocenters. The number of nitrogens with zero attached hydrogens (tertiary/aromatic N) is 8. The first-order valence-corrected chi connectivity index (χ1v) is 13.6. The van der Waals surface area contributed by atoms with Crippen LogP contribution in [0.5, 0.6) is 5.75 Å². The first-order valence-electron chi connectivity index (χ1n) is 13.3. The van der Waals surface area contributed by atoms with E-state index in [0.717, 1.165) is 12.8 Å². The molecule has 5 rings (SSSR count). The van der Waals surface area contributed by atoms with E-state index in [1.807, 2.05) is 0 Å². The number of aliphatic hydroxyl groups is 1. The lowest BCUT2D eigenvalue weighted by Crippen LogP contribution is -2.44. The van der Waals surface area contributed by atoms with Crippen molar-refractivity contribution in [3.05, 3.63) is 51.9 Å². The normalized spacial score (nSPS) is 22.5. The molecule has 2 amide bonds. The van der Waals surface area contributed by atoms with Crippen LogP contribution < -0.4 is 21.1 Å². The summed E-state index contributed by atoms with van der Waals surface area (Å²) in [6, 6.07) is 4.07. The molecule has 1 aromatic carbocycles. The zero-order chi connectivity index (χ0) is 29.8. The third-order valence-corrected chi connectivity index (χ3v) is 7.51. The molecule has 0 bridgehead atoms. The van der Waals surface area contributed by atoms with E-state index in [-0.39, 0.29) is 25.1 Å². The second-order valence-corrected chi connectivity index (χ2v) is 10.3. The largest absolute Gasteiger partial charge is 0.483 e. The van der Waals surface area contributed by atoms with Gasteiger partial charge in [0, 0.05) is 48.2 Å². The number of rotatable bonds is 9. The van der Waals surface area contributed by atoms with Crippen molar-refractivity contribution in [3.63, 3.8) is 0 Å². The molecule has 2 aliphatic rings. The maximum Gasteiger partial charge on any atom is 0.260 e. The van der Waals surface area contributed by atoms with Crippen molar-refractivity contribution in [1.29, 1.82) is 0 Å². The Balaban J connectivity index is 1.31. The Morgan fingerprint density at radius 2 is 2.10 bits per heavy atom. The highest BCUT2D eigenvalue weighted by Gasteiger charge is 2.48. The van der Waals surface area contributed by atoms with Crippen LogP contribution >= 0.6 is 11.6 Å². The van der Waals surface area contributed by atoms with E-state index in [1.54, 1.807) is 23.1 Å². The molecular formula is C25H30ClN11O5. The van der Waals surface area contributed by atoms with Crippen LogP contribution in [-0.2, 0) is 20.9 Å². The Labute approximate surface area is 244 Å². The minimum absolute atomic E-state index is 0.114. The highest BCUT2D eigenvalue weighted by atomic mass is 35.5. The number of hydrogen-bond donors (Lipinski definition) is 4. The average Bonchev–Trinajstić information content (AvgIpc) is 3.56. The number of fused-ring (bicyclic) bond motifs is 1. The molecule has 2 aliphatic heterocycles. The van der Waals surface area contributed by atoms with Crippen LogP contribution in [0.15, 0.2) is 36.0 Å². The van der Waals surface area contributed by atoms with Gasteiger partial charge in [-0.15, -0.1) is 0 Å². The number of aliphatic hydroxyl groups excluding tert-OH is 1. The number of azide groups is 1. The Morgan fingerprint density at radius 1 is 1.31 bits per heavy atom. The van der Waals surface area contributed by atoms with Crippen LogP contribution in [0.1, 0.15) is 24.6 Å². The number of likely N-dealkylation sites (N-methyl/N-ethyl adjacent to an activating group) is 1. The van der Waals surface area contributed by atoms with Gasteiger partial charge in [-0.3, -0.25) is 14.2 Å². The van der Waals surface area contributed by atoms with Gasteiger partial charge in [0.15, 0.2) is 29.8 Å². The van der Waals surface area contributed by atoms with E-state index in [2.05, 4.69) is 35.6 Å². The second-order valence-electron chi connectivity index (χ2n) is 9.91. The predicted octanol–water partition coefficient (Wildman–Crippen LogP) is 1.10. The van der Waals surface area contributed by atoms with Crippen LogP contribution in [-0.4, -0.2) is 92.4 Å². The summed E-state index contributed by atoms with van der Waals surface area (Å²) in [5, 5.41) is 20.5. The van der Waals surface area contributed by atoms with Gasteiger partial charge in [-0.2, -0.15) is 0 Å². The predicted molar refractivity (Wildman–Crippen MR) is 150 cm³/mol. The molecular weight excluding hydrogens is 570 g/mol. The molecule has 2 aromatic heterocycles. The highest BCUT2D eigenvalue weighted by molar-refractivity contribution is 6.30. The lowest BCUT2D eigenvalue weighted by molar-refractivity contribution is -0.135. The molecule has 222 valence electrons. The van der Waals surface area contributed by atoms with Gasteiger partial charge in [0.25, 0.3) is 5.91 Å². The van der Waals surface area contributed by atoms with Gasteiger partial charge < -0.3 is 35.8 Å². The summed E-state index contributed by atoms with van der Waals surface area (Å²) in [4.78, 5) is 42.4. The fourth-order valence-electron chi connectivity index (χ4n) is 4.99. The Hall–Kier alpha value is -4.21. The smallest absolute Gasteiger partial charge is 0.260 e. The van der Waals surface area contributed by atoms with Gasteiger partial charge in [-0.1, -0.05) is 16.7 Å². The van der Waals surface area contributed by atoms with E-state index in [1.165, 1.54) is 24.3 Å². The van der Waals surface area contributed by atoms with Crippen LogP contribution in [0.3, 0.4) is 0 Å². The molecule has 0 radical (unpaired) electrons. The molecule has 17 heteroatoms. The molecule has 2 saturated heterocycles. The number of piperidine rings is 1. The van der Waals surface area contributed by atoms with Crippen LogP contribution in [0.4, 0.5) is 5.82 Å². The summed E-state index contributed by atoms with van der Waals surface area (Å²) >= 11 is 6.25. The molecule has 5 N–H and O–H groups in total. The van der Waals surface area contributed by atoms with Crippen molar-refractivity contribution in [3.8, 4) is 5.75 Å². The minimum Gasteiger partial charge on any atom is -0.483 e. The van der Waals surface area contributed by atoms with Gasteiger partial charge in [0.2, 0.25) is 5.91 Å². The van der Waals surface area contributed by atoms with E-state index in [0.29, 0.717) is 46.4 Å². The summed E-state index contributed by atoms with van der Waals surface area (Å²) in [5.74, 6) is 0.192. The summed E-state index contributed by atoms with van der Waals surface area (Å²) in [6.45, 7) is 1.32. The van der Waals surface area contributed by atoms with E-state index in [9.17, 15) is 14.7 Å². The molecule has 2 fully saturated rings. The average molecular weight is 600 g/mol. The van der Waals surface area contributed by atoms with Crippen LogP contribution in [0.25, 0.3) is 21.6 Å². The number of aromatic nitrogens is 4. The first kappa shape index (κ1) is 29.3. The standard InChI is InChI=1S/C25H30ClN11O5/c1-29-24(40)21-18(34-35-28)20(39)25(42-21)37-12-33-19-22(31-11-32-23(19)37)30-9-13-8-14(26)2-3-16(13)41-10-17(38)36-6-4-15(27)5-7-36/h2-3,8,11-12,15,18,20-21,25,39H,4-7,9-10,27H2,1H3,(H,29,40)(H,30,31,32)/t18-,20+,21-,25+/m0/s1. The fourth-order valence-corrected chi connectivity index (χ4v) is 5.18. The quantitative estimate of drug-likeness (QED) is 0.156. The lowest BCUT2D eigenvalue weighted by Gasteiger charge is -2.30. The number of nitrogens with two attached hydrogens (primary N) is 1. The van der Waals surface area contributed by atoms with E-state index < -0.39 is 30.4 Å². The van der Waals surface area contributed by atoms with Gasteiger partial charge in [-0.05, 0) is 36.6 Å². The topological polar surface area (TPSA) is 219 Å². The van der Waals surface area contributed by atoms with Crippen LogP contribution in [0.2, 0.25) is 5.02 Å². The zero-order valence-corrected chi connectivity index (χ0v) is 23.4. The van der Waals surface area contributed by atoms with Crippen molar-refractivity contribution in [2.75, 3.05) is 32.1 Å². The molecule has 0 spiro atoms. The zero-order valence-electron chi connectivity index (χ0n) is 22.6. The molecule has 42 heavy (non-hydrogen) atoms. The number of likely N-dealkylation sites (tertiary alicyclic amines) is 1. The number of imidazole rings is 1. The number of carbonyl (C=O) groups excluding carboxylic acids is 2. The molecule has 0 saturated carbocycles. The maximum absolute atomic E-state index is 12.7. The molecule has 3 aromatic rings. The van der Waals surface area contributed by atoms with Gasteiger partial charge in [-0.25, -0.2) is 15.0 Å². The highest BCUT2D eigenvalue weighted by Crippen LogP contribution is 2.34. The van der Waals surface area contributed by atoms with E-state index in [4.69, 9.17) is 32.3 Å². The number of hydrogen-bond acceptors (Lipinski definition) is 11. The van der Waals surface area contributed by atoms with Crippen molar-refractivity contribution in [1.82, 2.24) is 29.7 Å². The molecule has 0 aliphatic carbocycles. The van der Waals surface area contributed by atoms with Crippen LogP contribution in [0, 0.1) is 0 Å². The monoisotopic (exact) mass is 599 g/mol. The summed E-state index contributed by atoms with van der Waals surface area (Å²) in [6.07, 6.45) is 0.580.